The van der Waals surface area contributed by atoms with Crippen molar-refractivity contribution < 1.29 is 4.79 Å². The first-order valence-corrected chi connectivity index (χ1v) is 6.07. The third-order valence-electron chi connectivity index (χ3n) is 2.02. The molecule has 0 N–H and O–H groups in total. The highest BCUT2D eigenvalue weighted by molar-refractivity contribution is 7.14. The number of hydrogen-bond acceptors (Lipinski definition) is 2. The van der Waals surface area contributed by atoms with Crippen molar-refractivity contribution in [2.75, 3.05) is 0 Å². The van der Waals surface area contributed by atoms with E-state index in [-0.39, 0.29) is 0 Å². The highest BCUT2D eigenvalue weighted by Crippen LogP contribution is 2.21. The maximum atomic E-state index is 11.6. The van der Waals surface area contributed by atoms with Gasteiger partial charge in [0.25, 0.3) is 0 Å². The van der Waals surface area contributed by atoms with Crippen molar-refractivity contribution in [2.45, 2.75) is 40.0 Å². The van der Waals surface area contributed by atoms with E-state index in [2.05, 4.69) is 19.9 Å². The molecular formula is C12H18OS. The van der Waals surface area contributed by atoms with Crippen molar-refractivity contribution in [2.24, 2.45) is 5.92 Å². The summed E-state index contributed by atoms with van der Waals surface area (Å²) >= 11 is 1.66. The molecule has 0 aromatic carbocycles. The second-order valence-corrected chi connectivity index (χ2v) is 5.21. The van der Waals surface area contributed by atoms with Gasteiger partial charge in [0.05, 0.1) is 4.88 Å². The van der Waals surface area contributed by atoms with E-state index >= 15 is 0 Å². The molecular weight excluding hydrogens is 192 g/mol. The van der Waals surface area contributed by atoms with Crippen LogP contribution in [0.1, 0.15) is 48.2 Å². The van der Waals surface area contributed by atoms with Crippen molar-refractivity contribution >= 4 is 17.1 Å². The van der Waals surface area contributed by atoms with Gasteiger partial charge >= 0.3 is 0 Å². The number of carbonyl (C=O) groups excluding carboxylic acids is 1. The second-order valence-electron chi connectivity index (χ2n) is 4.04. The summed E-state index contributed by atoms with van der Waals surface area (Å²) in [6.07, 6.45) is 2.71. The monoisotopic (exact) mass is 210 g/mol. The third kappa shape index (κ3) is 3.26. The van der Waals surface area contributed by atoms with Gasteiger partial charge < -0.3 is 0 Å². The van der Waals surface area contributed by atoms with Crippen LogP contribution in [-0.4, -0.2) is 5.78 Å². The topological polar surface area (TPSA) is 17.1 Å². The lowest BCUT2D eigenvalue weighted by Gasteiger charge is -1.99. The van der Waals surface area contributed by atoms with E-state index in [4.69, 9.17) is 0 Å². The van der Waals surface area contributed by atoms with Crippen LogP contribution in [0, 0.1) is 5.92 Å². The fraction of sp³-hybridized carbons (Fsp3) is 0.583. The van der Waals surface area contributed by atoms with Crippen LogP contribution in [0.3, 0.4) is 0 Å². The molecule has 0 saturated heterocycles. The Labute approximate surface area is 90.2 Å². The van der Waals surface area contributed by atoms with Crippen LogP contribution in [0.25, 0.3) is 0 Å². The third-order valence-corrected chi connectivity index (χ3v) is 3.17. The molecule has 0 atom stereocenters. The van der Waals surface area contributed by atoms with Crippen LogP contribution >= 0.6 is 11.3 Å². The van der Waals surface area contributed by atoms with Crippen LogP contribution in [-0.2, 0) is 6.42 Å². The Morgan fingerprint density at radius 2 is 2.14 bits per heavy atom. The van der Waals surface area contributed by atoms with E-state index in [1.807, 2.05) is 13.0 Å². The first kappa shape index (κ1) is 11.4. The van der Waals surface area contributed by atoms with E-state index in [0.29, 0.717) is 18.1 Å². The van der Waals surface area contributed by atoms with Gasteiger partial charge in [-0.05, 0) is 30.9 Å². The van der Waals surface area contributed by atoms with Gasteiger partial charge in [-0.25, -0.2) is 0 Å². The number of rotatable bonds is 5. The molecule has 1 rings (SSSR count). The van der Waals surface area contributed by atoms with Crippen molar-refractivity contribution in [3.05, 3.63) is 21.9 Å². The van der Waals surface area contributed by atoms with E-state index in [9.17, 15) is 4.79 Å². The smallest absolute Gasteiger partial charge is 0.172 e. The molecule has 0 fully saturated rings. The van der Waals surface area contributed by atoms with E-state index in [0.717, 1.165) is 17.7 Å². The molecule has 0 aliphatic heterocycles. The Morgan fingerprint density at radius 1 is 1.43 bits per heavy atom. The molecule has 1 aromatic rings. The minimum atomic E-state index is 0.299. The lowest BCUT2D eigenvalue weighted by molar-refractivity contribution is 0.0985. The van der Waals surface area contributed by atoms with E-state index in [1.165, 1.54) is 4.88 Å². The predicted octanol–water partition coefficient (Wildman–Crippen LogP) is 3.93. The van der Waals surface area contributed by atoms with E-state index in [1.54, 1.807) is 11.3 Å². The largest absolute Gasteiger partial charge is 0.293 e. The second kappa shape index (κ2) is 5.30. The normalized spacial score (nSPS) is 10.9. The minimum Gasteiger partial charge on any atom is -0.293 e. The maximum Gasteiger partial charge on any atom is 0.172 e. The van der Waals surface area contributed by atoms with Gasteiger partial charge in [-0.1, -0.05) is 20.8 Å². The Hall–Kier alpha value is -0.630. The van der Waals surface area contributed by atoms with Crippen molar-refractivity contribution in [1.82, 2.24) is 0 Å². The molecule has 1 aromatic heterocycles. The van der Waals surface area contributed by atoms with Crippen LogP contribution in [0.5, 0.6) is 0 Å². The Kier molecular flexibility index (Phi) is 4.33. The number of ketones is 1. The summed E-state index contributed by atoms with van der Waals surface area (Å²) in [6.45, 7) is 6.45. The van der Waals surface area contributed by atoms with Crippen molar-refractivity contribution in [3.63, 3.8) is 0 Å². The fourth-order valence-corrected chi connectivity index (χ4v) is 2.58. The minimum absolute atomic E-state index is 0.299. The first-order chi connectivity index (χ1) is 6.63. The van der Waals surface area contributed by atoms with Crippen LogP contribution in [0.2, 0.25) is 0 Å². The zero-order chi connectivity index (χ0) is 10.6. The quantitative estimate of drug-likeness (QED) is 0.673. The zero-order valence-electron chi connectivity index (χ0n) is 9.17. The Balaban J connectivity index is 2.63. The summed E-state index contributed by atoms with van der Waals surface area (Å²) in [5, 5.41) is 0. The van der Waals surface area contributed by atoms with E-state index < -0.39 is 0 Å². The number of hydrogen-bond donors (Lipinski definition) is 0. The van der Waals surface area contributed by atoms with Gasteiger partial charge in [-0.3, -0.25) is 4.79 Å². The molecule has 0 radical (unpaired) electrons. The molecule has 2 heteroatoms. The summed E-state index contributed by atoms with van der Waals surface area (Å²) < 4.78 is 0. The van der Waals surface area contributed by atoms with Crippen LogP contribution in [0.15, 0.2) is 12.1 Å². The first-order valence-electron chi connectivity index (χ1n) is 5.25. The highest BCUT2D eigenvalue weighted by Gasteiger charge is 2.08. The van der Waals surface area contributed by atoms with Gasteiger partial charge in [-0.2, -0.15) is 0 Å². The molecule has 0 aliphatic carbocycles. The average molecular weight is 210 g/mol. The molecule has 78 valence electrons. The van der Waals surface area contributed by atoms with Crippen molar-refractivity contribution in [3.8, 4) is 0 Å². The molecule has 0 spiro atoms. The summed E-state index contributed by atoms with van der Waals surface area (Å²) in [6, 6.07) is 4.06. The molecule has 0 amide bonds. The lowest BCUT2D eigenvalue weighted by atomic mass is 10.1. The molecule has 0 bridgehead atoms. The summed E-state index contributed by atoms with van der Waals surface area (Å²) in [5.41, 5.74) is 0. The van der Waals surface area contributed by atoms with Crippen molar-refractivity contribution in [1.29, 1.82) is 0 Å². The lowest BCUT2D eigenvalue weighted by Crippen LogP contribution is -1.93. The summed E-state index contributed by atoms with van der Waals surface area (Å²) in [7, 11) is 0. The summed E-state index contributed by atoms with van der Waals surface area (Å²) in [4.78, 5) is 13.8. The molecule has 1 nitrogen and oxygen atoms in total. The average Bonchev–Trinajstić information content (AvgIpc) is 2.52. The summed E-state index contributed by atoms with van der Waals surface area (Å²) in [5.74, 6) is 0.968. The van der Waals surface area contributed by atoms with Gasteiger partial charge in [0.1, 0.15) is 0 Å². The fourth-order valence-electron chi connectivity index (χ4n) is 1.39. The number of carbonyl (C=O) groups is 1. The highest BCUT2D eigenvalue weighted by atomic mass is 32.1. The molecule has 0 saturated carbocycles. The van der Waals surface area contributed by atoms with Gasteiger partial charge in [0.15, 0.2) is 5.78 Å². The zero-order valence-corrected chi connectivity index (χ0v) is 9.99. The van der Waals surface area contributed by atoms with Gasteiger partial charge in [0, 0.05) is 11.3 Å². The SMILES string of the molecule is CCCC(=O)c1ccc(CC(C)C)s1. The molecule has 0 unspecified atom stereocenters. The van der Waals surface area contributed by atoms with Gasteiger partial charge in [-0.15, -0.1) is 11.3 Å². The number of Topliss-reactive ketones (excluding diaryl/α,β-unsaturated/α-hetero) is 1. The molecule has 1 heterocycles. The number of thiophene rings is 1. The predicted molar refractivity (Wildman–Crippen MR) is 62.1 cm³/mol. The maximum absolute atomic E-state index is 11.6. The van der Waals surface area contributed by atoms with Gasteiger partial charge in [0.2, 0.25) is 0 Å². The van der Waals surface area contributed by atoms with Crippen LogP contribution < -0.4 is 0 Å². The Bertz CT molecular complexity index is 299. The van der Waals surface area contributed by atoms with Crippen LogP contribution in [0.4, 0.5) is 0 Å². The molecule has 0 aliphatic rings. The Morgan fingerprint density at radius 3 is 2.71 bits per heavy atom. The molecule has 14 heavy (non-hydrogen) atoms. The standard InChI is InChI=1S/C12H18OS/c1-4-5-11(13)12-7-6-10(14-12)8-9(2)3/h6-7,9H,4-5,8H2,1-3H3.